The molecule has 2 aromatic rings. The number of ether oxygens (including phenoxy) is 1. The van der Waals surface area contributed by atoms with Gasteiger partial charge in [-0.05, 0) is 54.7 Å². The van der Waals surface area contributed by atoms with Gasteiger partial charge in [-0.3, -0.25) is 4.79 Å². The van der Waals surface area contributed by atoms with Gasteiger partial charge in [-0.1, -0.05) is 59.1 Å². The van der Waals surface area contributed by atoms with Crippen LogP contribution in [0.1, 0.15) is 83.9 Å². The SMILES string of the molecule is CC.COc1ccc(CN(CCO)C(=O)CCc2cn(CCC(C)(C)C3CCCCC3)cn2)cc1. The average Bonchev–Trinajstić information content (AvgIpc) is 3.36. The van der Waals surface area contributed by atoms with E-state index in [1.54, 1.807) is 12.0 Å². The number of aliphatic hydroxyl groups is 1. The summed E-state index contributed by atoms with van der Waals surface area (Å²) in [5.74, 6) is 1.65. The topological polar surface area (TPSA) is 67.6 Å². The van der Waals surface area contributed by atoms with Crippen LogP contribution in [-0.4, -0.2) is 45.7 Å². The summed E-state index contributed by atoms with van der Waals surface area (Å²) in [5.41, 5.74) is 2.32. The van der Waals surface area contributed by atoms with Crippen molar-refractivity contribution in [1.29, 1.82) is 0 Å². The highest BCUT2D eigenvalue weighted by Crippen LogP contribution is 2.40. The molecule has 0 aliphatic heterocycles. The highest BCUT2D eigenvalue weighted by molar-refractivity contribution is 5.76. The smallest absolute Gasteiger partial charge is 0.223 e. The zero-order chi connectivity index (χ0) is 25.7. The van der Waals surface area contributed by atoms with E-state index in [1.807, 2.05) is 44.4 Å². The van der Waals surface area contributed by atoms with Crippen LogP contribution in [0.4, 0.5) is 0 Å². The second-order valence-electron chi connectivity index (χ2n) is 10.1. The predicted molar refractivity (Wildman–Crippen MR) is 142 cm³/mol. The van der Waals surface area contributed by atoms with Crippen LogP contribution in [0.15, 0.2) is 36.8 Å². The Hall–Kier alpha value is -2.34. The van der Waals surface area contributed by atoms with Crippen molar-refractivity contribution in [3.8, 4) is 5.75 Å². The normalized spacial score (nSPS) is 14.2. The second-order valence-corrected chi connectivity index (χ2v) is 10.1. The zero-order valence-electron chi connectivity index (χ0n) is 22.6. The Morgan fingerprint density at radius 2 is 1.86 bits per heavy atom. The van der Waals surface area contributed by atoms with Crippen LogP contribution in [0, 0.1) is 11.3 Å². The van der Waals surface area contributed by atoms with Gasteiger partial charge >= 0.3 is 0 Å². The number of imidazole rings is 1. The fraction of sp³-hybridized carbons (Fsp3) is 0.655. The number of aliphatic hydroxyl groups excluding tert-OH is 1. The number of aromatic nitrogens is 2. The number of carbonyl (C=O) groups is 1. The molecule has 0 radical (unpaired) electrons. The number of hydrogen-bond donors (Lipinski definition) is 1. The molecule has 3 rings (SSSR count). The lowest BCUT2D eigenvalue weighted by Gasteiger charge is -2.37. The number of benzene rings is 1. The first-order valence-corrected chi connectivity index (χ1v) is 13.4. The van der Waals surface area contributed by atoms with E-state index in [9.17, 15) is 9.90 Å². The van der Waals surface area contributed by atoms with E-state index in [0.29, 0.717) is 31.3 Å². The third-order valence-corrected chi connectivity index (χ3v) is 7.26. The van der Waals surface area contributed by atoms with Crippen LogP contribution in [0.5, 0.6) is 5.75 Å². The van der Waals surface area contributed by atoms with Crippen molar-refractivity contribution in [3.63, 3.8) is 0 Å². The van der Waals surface area contributed by atoms with E-state index in [4.69, 9.17) is 4.74 Å². The molecule has 1 aliphatic carbocycles. The van der Waals surface area contributed by atoms with Crippen molar-refractivity contribution in [2.75, 3.05) is 20.3 Å². The molecular formula is C29H47N3O3. The van der Waals surface area contributed by atoms with E-state index in [2.05, 4.69) is 29.6 Å². The first-order chi connectivity index (χ1) is 16.9. The van der Waals surface area contributed by atoms with Gasteiger partial charge in [-0.2, -0.15) is 0 Å². The van der Waals surface area contributed by atoms with Gasteiger partial charge in [-0.15, -0.1) is 0 Å². The zero-order valence-corrected chi connectivity index (χ0v) is 22.6. The summed E-state index contributed by atoms with van der Waals surface area (Å²) >= 11 is 0. The molecule has 1 saturated carbocycles. The highest BCUT2D eigenvalue weighted by Gasteiger charge is 2.30. The molecular weight excluding hydrogens is 438 g/mol. The van der Waals surface area contributed by atoms with Gasteiger partial charge in [0.2, 0.25) is 5.91 Å². The van der Waals surface area contributed by atoms with Crippen molar-refractivity contribution in [2.45, 2.75) is 92.2 Å². The molecule has 1 amide bonds. The molecule has 0 saturated heterocycles. The Morgan fingerprint density at radius 3 is 2.49 bits per heavy atom. The molecule has 0 unspecified atom stereocenters. The van der Waals surface area contributed by atoms with Gasteiger partial charge in [0, 0.05) is 32.3 Å². The van der Waals surface area contributed by atoms with E-state index >= 15 is 0 Å². The Kier molecular flexibility index (Phi) is 12.3. The Morgan fingerprint density at radius 1 is 1.17 bits per heavy atom. The third-order valence-electron chi connectivity index (χ3n) is 7.26. The lowest BCUT2D eigenvalue weighted by atomic mass is 9.69. The molecule has 1 aromatic heterocycles. The third kappa shape index (κ3) is 9.32. The van der Waals surface area contributed by atoms with E-state index < -0.39 is 0 Å². The number of carbonyl (C=O) groups excluding carboxylic acids is 1. The summed E-state index contributed by atoms with van der Waals surface area (Å²) in [4.78, 5) is 19.1. The van der Waals surface area contributed by atoms with Gasteiger partial charge < -0.3 is 19.3 Å². The molecule has 1 heterocycles. The maximum atomic E-state index is 12.8. The van der Waals surface area contributed by atoms with Crippen LogP contribution < -0.4 is 4.74 Å². The largest absolute Gasteiger partial charge is 0.497 e. The monoisotopic (exact) mass is 485 g/mol. The molecule has 0 spiro atoms. The maximum Gasteiger partial charge on any atom is 0.223 e. The first kappa shape index (κ1) is 28.9. The molecule has 35 heavy (non-hydrogen) atoms. The molecule has 1 fully saturated rings. The molecule has 6 heteroatoms. The quantitative estimate of drug-likeness (QED) is 0.408. The highest BCUT2D eigenvalue weighted by atomic mass is 16.5. The number of aryl methyl sites for hydroxylation is 2. The molecule has 1 N–H and O–H groups in total. The summed E-state index contributed by atoms with van der Waals surface area (Å²) in [5, 5.41) is 9.42. The van der Waals surface area contributed by atoms with Crippen LogP contribution in [0.25, 0.3) is 0 Å². The van der Waals surface area contributed by atoms with Gasteiger partial charge in [-0.25, -0.2) is 4.98 Å². The van der Waals surface area contributed by atoms with Crippen molar-refractivity contribution in [3.05, 3.63) is 48.0 Å². The Labute approximate surface area is 212 Å². The Balaban J connectivity index is 0.00000210. The summed E-state index contributed by atoms with van der Waals surface area (Å²) in [6.45, 7) is 10.6. The second kappa shape index (κ2) is 14.9. The molecule has 0 atom stereocenters. The van der Waals surface area contributed by atoms with Gasteiger partial charge in [0.15, 0.2) is 0 Å². The van der Waals surface area contributed by atoms with Crippen LogP contribution in [-0.2, 0) is 24.3 Å². The number of nitrogens with zero attached hydrogens (tertiary/aromatic N) is 3. The maximum absolute atomic E-state index is 12.8. The van der Waals surface area contributed by atoms with E-state index in [1.165, 1.54) is 32.1 Å². The predicted octanol–water partition coefficient (Wildman–Crippen LogP) is 5.87. The number of rotatable bonds is 12. The summed E-state index contributed by atoms with van der Waals surface area (Å²) in [7, 11) is 1.63. The summed E-state index contributed by atoms with van der Waals surface area (Å²) in [6.07, 6.45) is 13.0. The fourth-order valence-electron chi connectivity index (χ4n) is 4.92. The van der Waals surface area contributed by atoms with Crippen molar-refractivity contribution >= 4 is 5.91 Å². The van der Waals surface area contributed by atoms with Gasteiger partial charge in [0.05, 0.1) is 25.7 Å². The average molecular weight is 486 g/mol. The number of methoxy groups -OCH3 is 1. The summed E-state index contributed by atoms with van der Waals surface area (Å²) < 4.78 is 7.37. The van der Waals surface area contributed by atoms with E-state index in [-0.39, 0.29) is 12.5 Å². The standard InChI is InChI=1S/C27H41N3O3.C2H6/c1-27(2,23-7-5-4-6-8-23)15-16-29-20-24(28-21-29)11-14-26(32)30(17-18-31)19-22-9-12-25(33-3)13-10-22;1-2/h9-10,12-13,20-21,23,31H,4-8,11,14-19H2,1-3H3;1-2H3. The minimum atomic E-state index is -0.0483. The minimum absolute atomic E-state index is 0.0350. The Bertz CT molecular complexity index is 854. The molecule has 1 aliphatic rings. The van der Waals surface area contributed by atoms with Crippen LogP contribution in [0.3, 0.4) is 0 Å². The van der Waals surface area contributed by atoms with Crippen molar-refractivity contribution < 1.29 is 14.6 Å². The van der Waals surface area contributed by atoms with Gasteiger partial charge in [0.25, 0.3) is 0 Å². The molecule has 0 bridgehead atoms. The lowest BCUT2D eigenvalue weighted by molar-refractivity contribution is -0.132. The molecule has 196 valence electrons. The minimum Gasteiger partial charge on any atom is -0.497 e. The van der Waals surface area contributed by atoms with Crippen molar-refractivity contribution in [1.82, 2.24) is 14.5 Å². The van der Waals surface area contributed by atoms with Crippen LogP contribution >= 0.6 is 0 Å². The molecule has 1 aromatic carbocycles. The van der Waals surface area contributed by atoms with Crippen molar-refractivity contribution in [2.24, 2.45) is 11.3 Å². The lowest BCUT2D eigenvalue weighted by Crippen LogP contribution is -2.33. The first-order valence-electron chi connectivity index (χ1n) is 13.4. The molecule has 6 nitrogen and oxygen atoms in total. The summed E-state index contributed by atoms with van der Waals surface area (Å²) in [6, 6.07) is 7.68. The van der Waals surface area contributed by atoms with E-state index in [0.717, 1.165) is 35.9 Å². The number of hydrogen-bond acceptors (Lipinski definition) is 4. The van der Waals surface area contributed by atoms with Gasteiger partial charge in [0.1, 0.15) is 5.75 Å². The van der Waals surface area contributed by atoms with Crippen LogP contribution in [0.2, 0.25) is 0 Å². The number of amides is 1. The fourth-order valence-corrected chi connectivity index (χ4v) is 4.92.